The first kappa shape index (κ1) is 8.43. The fraction of sp³-hybridized carbons (Fsp3) is 0. The van der Waals surface area contributed by atoms with Gasteiger partial charge >= 0.3 is 0 Å². The topological polar surface area (TPSA) is 17.1 Å². The molecule has 0 bridgehead atoms. The number of halogens is 3. The van der Waals surface area contributed by atoms with E-state index in [2.05, 4.69) is 0 Å². The average Bonchev–Trinajstić information content (AvgIpc) is 1.88. The molecule has 0 spiro atoms. The molecule has 0 aromatic heterocycles. The molecule has 0 aliphatic carbocycles. The summed E-state index contributed by atoms with van der Waals surface area (Å²) in [6.07, 6.45) is 0. The van der Waals surface area contributed by atoms with Crippen molar-refractivity contribution in [2.75, 3.05) is 0 Å². The van der Waals surface area contributed by atoms with Crippen molar-refractivity contribution in [1.29, 1.82) is 0 Å². The van der Waals surface area contributed by atoms with Crippen molar-refractivity contribution in [1.82, 2.24) is 0 Å². The minimum Gasteiger partial charge on any atom is -0.265 e. The summed E-state index contributed by atoms with van der Waals surface area (Å²) in [4.78, 5) is 0. The van der Waals surface area contributed by atoms with Gasteiger partial charge in [-0.15, -0.1) is 0 Å². The zero-order valence-corrected chi connectivity index (χ0v) is 8.44. The third kappa shape index (κ3) is 1.90. The van der Waals surface area contributed by atoms with Crippen LogP contribution in [0.3, 0.4) is 0 Å². The first-order chi connectivity index (χ1) is 4.74. The zero-order valence-electron chi connectivity index (χ0n) is 4.77. The summed E-state index contributed by atoms with van der Waals surface area (Å²) < 4.78 is 11.1. The lowest BCUT2D eigenvalue weighted by atomic mass is 10.4. The molecule has 0 N–H and O–H groups in total. The summed E-state index contributed by atoms with van der Waals surface area (Å²) in [7, 11) is 0. The van der Waals surface area contributed by atoms with E-state index in [0.717, 1.165) is 0 Å². The van der Waals surface area contributed by atoms with Gasteiger partial charge in [0.2, 0.25) is 0 Å². The molecule has 1 rings (SSSR count). The van der Waals surface area contributed by atoms with E-state index in [1.165, 1.54) is 0 Å². The van der Waals surface area contributed by atoms with Crippen molar-refractivity contribution in [3.05, 3.63) is 31.8 Å². The molecular formula is C6H3Cl2IO. The van der Waals surface area contributed by atoms with Crippen molar-refractivity contribution in [3.63, 3.8) is 0 Å². The van der Waals surface area contributed by atoms with Crippen LogP contribution in [0.25, 0.3) is 0 Å². The van der Waals surface area contributed by atoms with Gasteiger partial charge in [-0.3, -0.25) is 3.07 Å². The summed E-state index contributed by atoms with van der Waals surface area (Å²) in [6, 6.07) is 4.96. The van der Waals surface area contributed by atoms with Gasteiger partial charge in [0.1, 0.15) is 0 Å². The van der Waals surface area contributed by atoms with Gasteiger partial charge in [0, 0.05) is 5.02 Å². The average molecular weight is 289 g/mol. The van der Waals surface area contributed by atoms with E-state index in [9.17, 15) is 3.07 Å². The Kier molecular flexibility index (Phi) is 3.07. The molecule has 0 saturated carbocycles. The highest BCUT2D eigenvalue weighted by Gasteiger charge is 1.98. The van der Waals surface area contributed by atoms with E-state index in [1.54, 1.807) is 18.2 Å². The third-order valence-corrected chi connectivity index (χ3v) is 3.25. The molecule has 1 nitrogen and oxygen atoms in total. The maximum absolute atomic E-state index is 10.4. The van der Waals surface area contributed by atoms with Gasteiger partial charge in [0.15, 0.2) is 21.2 Å². The Morgan fingerprint density at radius 2 is 2.00 bits per heavy atom. The quantitative estimate of drug-likeness (QED) is 0.571. The van der Waals surface area contributed by atoms with Gasteiger partial charge in [-0.2, -0.15) is 0 Å². The molecule has 1 aromatic rings. The van der Waals surface area contributed by atoms with Gasteiger partial charge in [-0.25, -0.2) is 0 Å². The first-order valence-corrected chi connectivity index (χ1v) is 5.17. The minimum absolute atomic E-state index is 0.496. The number of benzene rings is 1. The molecule has 0 radical (unpaired) electrons. The van der Waals surface area contributed by atoms with Crippen LogP contribution in [0.4, 0.5) is 0 Å². The molecule has 0 unspecified atom stereocenters. The Bertz CT molecular complexity index is 262. The molecule has 4 heteroatoms. The Morgan fingerprint density at radius 1 is 1.30 bits per heavy atom. The second-order valence-corrected chi connectivity index (χ2v) is 4.08. The molecule has 0 heterocycles. The van der Waals surface area contributed by atoms with Crippen LogP contribution in [0.2, 0.25) is 10.0 Å². The highest BCUT2D eigenvalue weighted by atomic mass is 127. The van der Waals surface area contributed by atoms with E-state index in [4.69, 9.17) is 23.2 Å². The summed E-state index contributed by atoms with van der Waals surface area (Å²) in [6.45, 7) is 0. The van der Waals surface area contributed by atoms with Crippen molar-refractivity contribution in [3.8, 4) is 0 Å². The van der Waals surface area contributed by atoms with Crippen LogP contribution in [0, 0.1) is 3.57 Å². The highest BCUT2D eigenvalue weighted by Crippen LogP contribution is 2.24. The molecule has 0 atom stereocenters. The van der Waals surface area contributed by atoms with Gasteiger partial charge in [-0.05, 0) is 18.2 Å². The van der Waals surface area contributed by atoms with Gasteiger partial charge < -0.3 is 0 Å². The Morgan fingerprint density at radius 3 is 2.50 bits per heavy atom. The summed E-state index contributed by atoms with van der Waals surface area (Å²) in [5.41, 5.74) is 0. The first-order valence-electron chi connectivity index (χ1n) is 2.46. The van der Waals surface area contributed by atoms with E-state index in [0.29, 0.717) is 13.6 Å². The van der Waals surface area contributed by atoms with Crippen molar-refractivity contribution < 1.29 is 3.07 Å². The van der Waals surface area contributed by atoms with E-state index in [1.807, 2.05) is 0 Å². The van der Waals surface area contributed by atoms with Crippen LogP contribution in [0.1, 0.15) is 0 Å². The monoisotopic (exact) mass is 288 g/mol. The second-order valence-electron chi connectivity index (χ2n) is 1.64. The molecule has 10 heavy (non-hydrogen) atoms. The Hall–Kier alpha value is 0.330. The number of hydrogen-bond acceptors (Lipinski definition) is 1. The fourth-order valence-electron chi connectivity index (χ4n) is 0.533. The lowest BCUT2D eigenvalue weighted by Gasteiger charge is -1.92. The molecule has 0 aliphatic heterocycles. The number of rotatable bonds is 1. The predicted octanol–water partition coefficient (Wildman–Crippen LogP) is 3.48. The molecule has 0 fully saturated rings. The predicted molar refractivity (Wildman–Crippen MR) is 49.9 cm³/mol. The van der Waals surface area contributed by atoms with Crippen LogP contribution in [-0.2, 0) is 3.07 Å². The second kappa shape index (κ2) is 3.64. The van der Waals surface area contributed by atoms with Crippen molar-refractivity contribution >= 4 is 44.4 Å². The highest BCUT2D eigenvalue weighted by molar-refractivity contribution is 14.1. The maximum atomic E-state index is 10.4. The standard InChI is InChI=1S/C6H3Cl2IO/c7-4-1-2-6(9-10)5(8)3-4/h1-3H. The number of hydrogen-bond donors (Lipinski definition) is 0. The van der Waals surface area contributed by atoms with Gasteiger partial charge in [0.05, 0.1) is 8.59 Å². The summed E-state index contributed by atoms with van der Waals surface area (Å²) >= 11 is 10.1. The SMILES string of the molecule is O=Ic1ccc(Cl)cc1Cl. The smallest absolute Gasteiger partial charge is 0.183 e. The molecular weight excluding hydrogens is 286 g/mol. The molecule has 0 amide bonds. The van der Waals surface area contributed by atoms with Gasteiger partial charge in [-0.1, -0.05) is 23.2 Å². The van der Waals surface area contributed by atoms with Crippen molar-refractivity contribution in [2.24, 2.45) is 0 Å². The Balaban J connectivity index is 3.19. The summed E-state index contributed by atoms with van der Waals surface area (Å²) in [5, 5.41) is 1.07. The van der Waals surface area contributed by atoms with E-state index < -0.39 is 21.2 Å². The van der Waals surface area contributed by atoms with E-state index in [-0.39, 0.29) is 0 Å². The van der Waals surface area contributed by atoms with Crippen LogP contribution >= 0.6 is 44.4 Å². The van der Waals surface area contributed by atoms with Crippen LogP contribution in [0.15, 0.2) is 18.2 Å². The molecule has 0 saturated heterocycles. The fourth-order valence-corrected chi connectivity index (χ4v) is 1.83. The molecule has 0 aliphatic rings. The van der Waals surface area contributed by atoms with Crippen LogP contribution in [0.5, 0.6) is 0 Å². The maximum Gasteiger partial charge on any atom is 0.183 e. The van der Waals surface area contributed by atoms with Crippen LogP contribution < -0.4 is 0 Å². The molecule has 1 aromatic carbocycles. The van der Waals surface area contributed by atoms with Crippen molar-refractivity contribution in [2.45, 2.75) is 0 Å². The lowest BCUT2D eigenvalue weighted by molar-refractivity contribution is 0.648. The van der Waals surface area contributed by atoms with Gasteiger partial charge in [0.25, 0.3) is 0 Å². The largest absolute Gasteiger partial charge is 0.265 e. The zero-order chi connectivity index (χ0) is 7.56. The van der Waals surface area contributed by atoms with Crippen LogP contribution in [-0.4, -0.2) is 0 Å². The normalized spacial score (nSPS) is 9.80. The third-order valence-electron chi connectivity index (χ3n) is 0.965. The lowest BCUT2D eigenvalue weighted by Crippen LogP contribution is -1.72. The summed E-state index contributed by atoms with van der Waals surface area (Å²) in [5.74, 6) is 0. The Labute approximate surface area is 79.0 Å². The minimum atomic E-state index is -1.17. The molecule has 54 valence electrons. The van der Waals surface area contributed by atoms with E-state index >= 15 is 0 Å².